The average molecular weight is 332 g/mol. The third-order valence-electron chi connectivity index (χ3n) is 4.78. The molecule has 1 heterocycles. The fraction of sp³-hybridized carbons (Fsp3) is 0.579. The summed E-state index contributed by atoms with van der Waals surface area (Å²) in [6.45, 7) is 11.5. The van der Waals surface area contributed by atoms with Crippen molar-refractivity contribution in [1.82, 2.24) is 0 Å². The van der Waals surface area contributed by atoms with E-state index >= 15 is 0 Å². The van der Waals surface area contributed by atoms with E-state index in [1.807, 2.05) is 30.3 Å². The Balaban J connectivity index is 1.74. The van der Waals surface area contributed by atoms with Crippen LogP contribution in [0.4, 0.5) is 0 Å². The van der Waals surface area contributed by atoms with Crippen molar-refractivity contribution in [3.05, 3.63) is 42.0 Å². The molecule has 5 heteroatoms. The van der Waals surface area contributed by atoms with Crippen LogP contribution in [0.5, 0.6) is 5.75 Å². The molecule has 0 saturated carbocycles. The van der Waals surface area contributed by atoms with Crippen LogP contribution in [0.1, 0.15) is 40.2 Å². The van der Waals surface area contributed by atoms with Crippen LogP contribution in [-0.4, -0.2) is 32.0 Å². The van der Waals surface area contributed by atoms with E-state index in [4.69, 9.17) is 18.8 Å². The molecule has 24 heavy (non-hydrogen) atoms. The molecule has 0 amide bonds. The van der Waals surface area contributed by atoms with E-state index in [1.165, 1.54) is 0 Å². The molecule has 1 aliphatic heterocycles. The molecule has 2 rings (SSSR count). The van der Waals surface area contributed by atoms with Crippen LogP contribution in [0.2, 0.25) is 5.82 Å². The quantitative estimate of drug-likeness (QED) is 0.425. The van der Waals surface area contributed by atoms with Gasteiger partial charge < -0.3 is 18.8 Å². The highest BCUT2D eigenvalue weighted by Crippen LogP contribution is 2.40. The molecule has 0 spiro atoms. The van der Waals surface area contributed by atoms with E-state index in [9.17, 15) is 0 Å². The molecule has 1 aromatic carbocycles. The molecule has 0 aromatic heterocycles. The third kappa shape index (κ3) is 4.62. The van der Waals surface area contributed by atoms with Gasteiger partial charge in [-0.1, -0.05) is 31.2 Å². The standard InChI is InChI=1S/C19H29BO4/c1-15(20-23-18(2,3)19(4,5)24-20)8-7-13-22-14-16-9-11-17(21-6)12-10-16/h7-12,15H,13-14H2,1-6H3/b8-7-. The third-order valence-corrected chi connectivity index (χ3v) is 4.78. The lowest BCUT2D eigenvalue weighted by Crippen LogP contribution is -2.41. The number of rotatable bonds is 7. The topological polar surface area (TPSA) is 36.9 Å². The lowest BCUT2D eigenvalue weighted by Gasteiger charge is -2.32. The summed E-state index contributed by atoms with van der Waals surface area (Å²) in [7, 11) is 1.45. The predicted octanol–water partition coefficient (Wildman–Crippen LogP) is 4.25. The number of ether oxygens (including phenoxy) is 2. The van der Waals surface area contributed by atoms with Crippen LogP contribution in [0.25, 0.3) is 0 Å². The first kappa shape index (κ1) is 19.0. The molecule has 0 radical (unpaired) electrons. The zero-order chi connectivity index (χ0) is 17.8. The molecular weight excluding hydrogens is 303 g/mol. The van der Waals surface area contributed by atoms with E-state index in [-0.39, 0.29) is 24.1 Å². The fourth-order valence-electron chi connectivity index (χ4n) is 2.43. The van der Waals surface area contributed by atoms with E-state index in [1.54, 1.807) is 7.11 Å². The summed E-state index contributed by atoms with van der Waals surface area (Å²) in [4.78, 5) is 0. The van der Waals surface area contributed by atoms with Gasteiger partial charge in [0, 0.05) is 5.82 Å². The normalized spacial score (nSPS) is 20.5. The summed E-state index contributed by atoms with van der Waals surface area (Å²) in [6.07, 6.45) is 4.12. The number of hydrogen-bond acceptors (Lipinski definition) is 4. The summed E-state index contributed by atoms with van der Waals surface area (Å²) in [5, 5.41) is 0. The first-order chi connectivity index (χ1) is 11.2. The van der Waals surface area contributed by atoms with E-state index in [0.717, 1.165) is 11.3 Å². The largest absolute Gasteiger partial charge is 0.497 e. The minimum atomic E-state index is -0.287. The second-order valence-electron chi connectivity index (χ2n) is 7.28. The Morgan fingerprint density at radius 2 is 1.67 bits per heavy atom. The molecule has 4 nitrogen and oxygen atoms in total. The van der Waals surface area contributed by atoms with Gasteiger partial charge in [-0.15, -0.1) is 0 Å². The molecule has 0 N–H and O–H groups in total. The number of hydrogen-bond donors (Lipinski definition) is 0. The Kier molecular flexibility index (Phi) is 6.13. The van der Waals surface area contributed by atoms with Crippen LogP contribution in [0.15, 0.2) is 36.4 Å². The number of allylic oxidation sites excluding steroid dienone is 1. The van der Waals surface area contributed by atoms with Crippen LogP contribution >= 0.6 is 0 Å². The summed E-state index contributed by atoms with van der Waals surface area (Å²) in [5.74, 6) is 1.03. The molecular formula is C19H29BO4. The molecule has 132 valence electrons. The van der Waals surface area contributed by atoms with E-state index in [2.05, 4.69) is 40.7 Å². The maximum Gasteiger partial charge on any atom is 0.464 e. The van der Waals surface area contributed by atoms with Gasteiger partial charge in [0.25, 0.3) is 0 Å². The van der Waals surface area contributed by atoms with Gasteiger partial charge in [-0.2, -0.15) is 0 Å². The molecule has 1 aliphatic rings. The van der Waals surface area contributed by atoms with Crippen molar-refractivity contribution in [3.63, 3.8) is 0 Å². The summed E-state index contributed by atoms with van der Waals surface area (Å²) >= 11 is 0. The van der Waals surface area contributed by atoms with Crippen molar-refractivity contribution in [2.45, 2.75) is 58.2 Å². The minimum absolute atomic E-state index is 0.177. The van der Waals surface area contributed by atoms with Crippen molar-refractivity contribution in [1.29, 1.82) is 0 Å². The monoisotopic (exact) mass is 332 g/mol. The summed E-state index contributed by atoms with van der Waals surface area (Å²) < 4.78 is 22.9. The molecule has 1 aromatic rings. The SMILES string of the molecule is COc1ccc(COC/C=C\C(C)B2OC(C)(C)C(C)(C)O2)cc1. The first-order valence-corrected chi connectivity index (χ1v) is 8.48. The second-order valence-corrected chi connectivity index (χ2v) is 7.28. The zero-order valence-corrected chi connectivity index (χ0v) is 15.7. The molecule has 1 saturated heterocycles. The Morgan fingerprint density at radius 3 is 2.21 bits per heavy atom. The van der Waals surface area contributed by atoms with Crippen molar-refractivity contribution in [2.24, 2.45) is 0 Å². The Morgan fingerprint density at radius 1 is 1.08 bits per heavy atom. The van der Waals surface area contributed by atoms with Crippen molar-refractivity contribution >= 4 is 7.12 Å². The molecule has 0 bridgehead atoms. The zero-order valence-electron chi connectivity index (χ0n) is 15.7. The van der Waals surface area contributed by atoms with Gasteiger partial charge in [0.05, 0.1) is 31.5 Å². The minimum Gasteiger partial charge on any atom is -0.497 e. The summed E-state index contributed by atoms with van der Waals surface area (Å²) in [5.41, 5.74) is 0.554. The van der Waals surface area contributed by atoms with Gasteiger partial charge >= 0.3 is 7.12 Å². The number of benzene rings is 1. The van der Waals surface area contributed by atoms with Crippen molar-refractivity contribution in [2.75, 3.05) is 13.7 Å². The van der Waals surface area contributed by atoms with Gasteiger partial charge in [-0.3, -0.25) is 0 Å². The van der Waals surface area contributed by atoms with Crippen molar-refractivity contribution in [3.8, 4) is 5.75 Å². The van der Waals surface area contributed by atoms with Gasteiger partial charge in [-0.05, 0) is 45.4 Å². The molecule has 1 unspecified atom stereocenters. The predicted molar refractivity (Wildman–Crippen MR) is 97.3 cm³/mol. The lowest BCUT2D eigenvalue weighted by atomic mass is 9.73. The maximum absolute atomic E-state index is 6.05. The molecule has 0 aliphatic carbocycles. The smallest absolute Gasteiger partial charge is 0.464 e. The molecule has 1 fully saturated rings. The Labute approximate surface area is 146 Å². The van der Waals surface area contributed by atoms with Crippen LogP contribution in [0.3, 0.4) is 0 Å². The van der Waals surface area contributed by atoms with Gasteiger partial charge in [0.1, 0.15) is 5.75 Å². The fourth-order valence-corrected chi connectivity index (χ4v) is 2.43. The second kappa shape index (κ2) is 7.73. The highest BCUT2D eigenvalue weighted by Gasteiger charge is 2.52. The maximum atomic E-state index is 6.05. The van der Waals surface area contributed by atoms with E-state index in [0.29, 0.717) is 13.2 Å². The van der Waals surface area contributed by atoms with Crippen LogP contribution in [0, 0.1) is 0 Å². The van der Waals surface area contributed by atoms with Gasteiger partial charge in [0.2, 0.25) is 0 Å². The first-order valence-electron chi connectivity index (χ1n) is 8.48. The van der Waals surface area contributed by atoms with Crippen LogP contribution < -0.4 is 4.74 Å². The Hall–Kier alpha value is -1.30. The Bertz CT molecular complexity index is 535. The molecule has 1 atom stereocenters. The van der Waals surface area contributed by atoms with Gasteiger partial charge in [-0.25, -0.2) is 0 Å². The highest BCUT2D eigenvalue weighted by molar-refractivity contribution is 6.48. The lowest BCUT2D eigenvalue weighted by molar-refractivity contribution is 0.00578. The van der Waals surface area contributed by atoms with E-state index < -0.39 is 0 Å². The van der Waals surface area contributed by atoms with Crippen molar-refractivity contribution < 1.29 is 18.8 Å². The number of methoxy groups -OCH3 is 1. The average Bonchev–Trinajstić information content (AvgIpc) is 2.75. The summed E-state index contributed by atoms with van der Waals surface area (Å²) in [6, 6.07) is 7.90. The van der Waals surface area contributed by atoms with Crippen LogP contribution in [-0.2, 0) is 20.7 Å². The highest BCUT2D eigenvalue weighted by atomic mass is 16.7. The van der Waals surface area contributed by atoms with Gasteiger partial charge in [0.15, 0.2) is 0 Å².